The van der Waals surface area contributed by atoms with E-state index in [0.29, 0.717) is 19.5 Å². The quantitative estimate of drug-likeness (QED) is 0.749. The van der Waals surface area contributed by atoms with Crippen LogP contribution in [0.1, 0.15) is 27.2 Å². The van der Waals surface area contributed by atoms with E-state index in [0.717, 1.165) is 0 Å². The fraction of sp³-hybridized carbons (Fsp3) is 1.00. The van der Waals surface area contributed by atoms with Crippen molar-refractivity contribution in [3.05, 3.63) is 0 Å². The number of hydrogen-bond acceptors (Lipinski definition) is 3. The van der Waals surface area contributed by atoms with Gasteiger partial charge in [-0.05, 0) is 20.3 Å². The second kappa shape index (κ2) is 4.59. The Morgan fingerprint density at radius 2 is 1.79 bits per heavy atom. The van der Waals surface area contributed by atoms with Gasteiger partial charge in [0.15, 0.2) is 0 Å². The summed E-state index contributed by atoms with van der Waals surface area (Å²) >= 11 is 0. The van der Waals surface area contributed by atoms with Crippen LogP contribution in [0.2, 0.25) is 0 Å². The summed E-state index contributed by atoms with van der Waals surface area (Å²) in [4.78, 5) is 0. The molecule has 4 nitrogen and oxygen atoms in total. The third kappa shape index (κ3) is 2.93. The monoisotopic (exact) mass is 220 g/mol. The molecule has 0 spiro atoms. The van der Waals surface area contributed by atoms with Crippen LogP contribution < -0.4 is 5.32 Å². The summed E-state index contributed by atoms with van der Waals surface area (Å²) in [5, 5.41) is 3.32. The highest BCUT2D eigenvalue weighted by Crippen LogP contribution is 2.10. The zero-order valence-corrected chi connectivity index (χ0v) is 9.97. The smallest absolute Gasteiger partial charge is 0.214 e. The SMILES string of the molecule is CCCS(=O)(=O)N1C[C@@H](C)N[C@@H](C)C1. The van der Waals surface area contributed by atoms with Crippen LogP contribution in [0.5, 0.6) is 0 Å². The maximum atomic E-state index is 11.8. The van der Waals surface area contributed by atoms with Crippen molar-refractivity contribution in [1.29, 1.82) is 0 Å². The molecule has 1 fully saturated rings. The predicted octanol–water partition coefficient (Wildman–Crippen LogP) is 0.408. The Morgan fingerprint density at radius 3 is 2.21 bits per heavy atom. The molecule has 0 saturated carbocycles. The molecule has 0 aromatic heterocycles. The zero-order valence-electron chi connectivity index (χ0n) is 9.16. The van der Waals surface area contributed by atoms with Crippen LogP contribution in [0.3, 0.4) is 0 Å². The number of piperazine rings is 1. The number of nitrogens with zero attached hydrogens (tertiary/aromatic N) is 1. The van der Waals surface area contributed by atoms with Gasteiger partial charge in [-0.3, -0.25) is 0 Å². The minimum atomic E-state index is -3.01. The standard InChI is InChI=1S/C9H20N2O2S/c1-4-5-14(12,13)11-6-8(2)10-9(3)7-11/h8-10H,4-7H2,1-3H3/t8-,9+. The molecule has 0 unspecified atom stereocenters. The molecule has 84 valence electrons. The summed E-state index contributed by atoms with van der Waals surface area (Å²) in [5.41, 5.74) is 0. The van der Waals surface area contributed by atoms with E-state index in [4.69, 9.17) is 0 Å². The minimum Gasteiger partial charge on any atom is -0.309 e. The average molecular weight is 220 g/mol. The van der Waals surface area contributed by atoms with Gasteiger partial charge in [0, 0.05) is 25.2 Å². The highest BCUT2D eigenvalue weighted by atomic mass is 32.2. The van der Waals surface area contributed by atoms with Crippen LogP contribution in [-0.4, -0.2) is 43.6 Å². The first-order chi connectivity index (χ1) is 6.45. The summed E-state index contributed by atoms with van der Waals surface area (Å²) < 4.78 is 25.2. The second-order valence-corrected chi connectivity index (χ2v) is 6.19. The van der Waals surface area contributed by atoms with Gasteiger partial charge in [0.25, 0.3) is 0 Å². The van der Waals surface area contributed by atoms with Crippen LogP contribution in [-0.2, 0) is 10.0 Å². The van der Waals surface area contributed by atoms with E-state index in [2.05, 4.69) is 5.32 Å². The summed E-state index contributed by atoms with van der Waals surface area (Å²) in [6.45, 7) is 7.14. The fourth-order valence-electron chi connectivity index (χ4n) is 1.89. The molecule has 0 bridgehead atoms. The average Bonchev–Trinajstić information content (AvgIpc) is 2.02. The molecule has 1 heterocycles. The Morgan fingerprint density at radius 1 is 1.29 bits per heavy atom. The summed E-state index contributed by atoms with van der Waals surface area (Å²) in [6, 6.07) is 0.510. The van der Waals surface area contributed by atoms with Gasteiger partial charge >= 0.3 is 0 Å². The van der Waals surface area contributed by atoms with E-state index in [1.54, 1.807) is 4.31 Å². The molecule has 5 heteroatoms. The third-order valence-corrected chi connectivity index (χ3v) is 4.39. The van der Waals surface area contributed by atoms with Gasteiger partial charge in [-0.2, -0.15) is 4.31 Å². The van der Waals surface area contributed by atoms with E-state index in [1.807, 2.05) is 20.8 Å². The minimum absolute atomic E-state index is 0.255. The lowest BCUT2D eigenvalue weighted by Gasteiger charge is -2.35. The maximum absolute atomic E-state index is 11.8. The van der Waals surface area contributed by atoms with Crippen LogP contribution in [0.25, 0.3) is 0 Å². The molecule has 1 aliphatic rings. The number of sulfonamides is 1. The van der Waals surface area contributed by atoms with Crippen molar-refractivity contribution in [3.63, 3.8) is 0 Å². The van der Waals surface area contributed by atoms with Gasteiger partial charge in [0.2, 0.25) is 10.0 Å². The molecule has 1 rings (SSSR count). The molecule has 0 radical (unpaired) electrons. The largest absolute Gasteiger partial charge is 0.309 e. The van der Waals surface area contributed by atoms with Crippen molar-refractivity contribution < 1.29 is 8.42 Å². The van der Waals surface area contributed by atoms with Crippen LogP contribution in [0, 0.1) is 0 Å². The van der Waals surface area contributed by atoms with Crippen molar-refractivity contribution in [1.82, 2.24) is 9.62 Å². The first-order valence-corrected chi connectivity index (χ1v) is 6.80. The Labute approximate surface area is 86.7 Å². The van der Waals surface area contributed by atoms with Crippen molar-refractivity contribution >= 4 is 10.0 Å². The van der Waals surface area contributed by atoms with E-state index < -0.39 is 10.0 Å². The van der Waals surface area contributed by atoms with E-state index in [1.165, 1.54) is 0 Å². The Kier molecular flexibility index (Phi) is 3.92. The highest BCUT2D eigenvalue weighted by molar-refractivity contribution is 7.89. The van der Waals surface area contributed by atoms with Crippen molar-refractivity contribution in [2.24, 2.45) is 0 Å². The van der Waals surface area contributed by atoms with Crippen LogP contribution in [0.15, 0.2) is 0 Å². The zero-order chi connectivity index (χ0) is 10.8. The number of nitrogens with one attached hydrogen (secondary N) is 1. The molecule has 1 aliphatic heterocycles. The lowest BCUT2D eigenvalue weighted by Crippen LogP contribution is -2.56. The van der Waals surface area contributed by atoms with Gasteiger partial charge < -0.3 is 5.32 Å². The second-order valence-electron chi connectivity index (χ2n) is 4.10. The van der Waals surface area contributed by atoms with Crippen molar-refractivity contribution in [2.75, 3.05) is 18.8 Å². The van der Waals surface area contributed by atoms with Gasteiger partial charge in [0.05, 0.1) is 5.75 Å². The lowest BCUT2D eigenvalue weighted by molar-refractivity contribution is 0.263. The Hall–Kier alpha value is -0.130. The molecular formula is C9H20N2O2S. The molecule has 14 heavy (non-hydrogen) atoms. The van der Waals surface area contributed by atoms with Gasteiger partial charge in [-0.1, -0.05) is 6.92 Å². The normalized spacial score (nSPS) is 30.5. The van der Waals surface area contributed by atoms with Crippen molar-refractivity contribution in [3.8, 4) is 0 Å². The van der Waals surface area contributed by atoms with Crippen molar-refractivity contribution in [2.45, 2.75) is 39.3 Å². The van der Waals surface area contributed by atoms with E-state index >= 15 is 0 Å². The van der Waals surface area contributed by atoms with Gasteiger partial charge in [0.1, 0.15) is 0 Å². The Bertz CT molecular complexity index is 267. The predicted molar refractivity (Wildman–Crippen MR) is 57.7 cm³/mol. The molecule has 0 aromatic rings. The van der Waals surface area contributed by atoms with E-state index in [9.17, 15) is 8.42 Å². The molecule has 1 N–H and O–H groups in total. The first-order valence-electron chi connectivity index (χ1n) is 5.19. The Balaban J connectivity index is 2.68. The van der Waals surface area contributed by atoms with Crippen LogP contribution in [0.4, 0.5) is 0 Å². The molecule has 0 aromatic carbocycles. The highest BCUT2D eigenvalue weighted by Gasteiger charge is 2.28. The number of rotatable bonds is 3. The molecule has 0 amide bonds. The lowest BCUT2D eigenvalue weighted by atomic mass is 10.2. The maximum Gasteiger partial charge on any atom is 0.214 e. The van der Waals surface area contributed by atoms with Crippen LogP contribution >= 0.6 is 0 Å². The third-order valence-electron chi connectivity index (χ3n) is 2.38. The molecule has 0 aliphatic carbocycles. The summed E-state index contributed by atoms with van der Waals surface area (Å²) in [5.74, 6) is 0.270. The first kappa shape index (κ1) is 11.9. The summed E-state index contributed by atoms with van der Waals surface area (Å²) in [7, 11) is -3.01. The molecule has 1 saturated heterocycles. The van der Waals surface area contributed by atoms with Gasteiger partial charge in [-0.25, -0.2) is 8.42 Å². The number of hydrogen-bond donors (Lipinski definition) is 1. The topological polar surface area (TPSA) is 49.4 Å². The fourth-order valence-corrected chi connectivity index (χ4v) is 3.57. The molecular weight excluding hydrogens is 200 g/mol. The summed E-state index contributed by atoms with van der Waals surface area (Å²) in [6.07, 6.45) is 0.690. The van der Waals surface area contributed by atoms with Gasteiger partial charge in [-0.15, -0.1) is 0 Å². The molecule has 2 atom stereocenters. The van der Waals surface area contributed by atoms with E-state index in [-0.39, 0.29) is 17.8 Å².